The highest BCUT2D eigenvalue weighted by Crippen LogP contribution is 2.38. The molecule has 0 bridgehead atoms. The summed E-state index contributed by atoms with van der Waals surface area (Å²) in [5.74, 6) is -0.102. The van der Waals surface area contributed by atoms with Crippen LogP contribution >= 0.6 is 0 Å². The third kappa shape index (κ3) is 4.48. The first-order valence-electron chi connectivity index (χ1n) is 12.1. The van der Waals surface area contributed by atoms with Crippen molar-refractivity contribution in [1.29, 1.82) is 0 Å². The van der Waals surface area contributed by atoms with E-state index in [2.05, 4.69) is 29.2 Å². The Morgan fingerprint density at radius 1 is 1.00 bits per heavy atom. The molecule has 10 heteroatoms. The molecule has 0 aromatic heterocycles. The van der Waals surface area contributed by atoms with Crippen LogP contribution in [0.15, 0.2) is 42.5 Å². The van der Waals surface area contributed by atoms with Crippen LogP contribution in [-0.2, 0) is 34.0 Å². The Balaban J connectivity index is 1.27. The number of morpholine rings is 1. The average Bonchev–Trinajstić information content (AvgIpc) is 3.23. The lowest BCUT2D eigenvalue weighted by molar-refractivity contribution is -0.147. The SMILES string of the molecule is BN1C(=O)CCC(B)(N2Cc3c(OCc4ccc(CN5CCOCC5)cc4)cccc3C2=O)C1=O. The van der Waals surface area contributed by atoms with E-state index in [4.69, 9.17) is 9.47 Å². The number of rotatable bonds is 6. The number of benzene rings is 2. The lowest BCUT2D eigenvalue weighted by Crippen LogP contribution is -2.64. The van der Waals surface area contributed by atoms with Crippen molar-refractivity contribution in [1.82, 2.24) is 14.6 Å². The molecular weight excluding hydrogens is 444 g/mol. The Morgan fingerprint density at radius 3 is 2.46 bits per heavy atom. The summed E-state index contributed by atoms with van der Waals surface area (Å²) in [5.41, 5.74) is 2.59. The zero-order valence-corrected chi connectivity index (χ0v) is 20.3. The van der Waals surface area contributed by atoms with E-state index in [1.807, 2.05) is 12.1 Å². The summed E-state index contributed by atoms with van der Waals surface area (Å²) in [6, 6.07) is 13.8. The van der Waals surface area contributed by atoms with Gasteiger partial charge in [0.15, 0.2) is 0 Å². The molecule has 3 amide bonds. The number of nitrogens with zero attached hydrogens (tertiary/aromatic N) is 3. The summed E-state index contributed by atoms with van der Waals surface area (Å²) in [5, 5.41) is 0. The second kappa shape index (κ2) is 9.51. The Kier molecular flexibility index (Phi) is 6.42. The summed E-state index contributed by atoms with van der Waals surface area (Å²) >= 11 is 0. The standard InChI is InChI=1S/C25H29B2N3O5/c26-25(9-8-22(31)30(27)24(25)33)29-15-20-19(23(29)32)2-1-3-21(20)35-16-18-6-4-17(5-7-18)14-28-10-12-34-13-11-28/h1-7H,8-16,26-27H2. The summed E-state index contributed by atoms with van der Waals surface area (Å²) in [6.45, 7) is 5.06. The lowest BCUT2D eigenvalue weighted by atomic mass is 9.68. The van der Waals surface area contributed by atoms with Crippen LogP contribution < -0.4 is 4.74 Å². The summed E-state index contributed by atoms with van der Waals surface area (Å²) in [6.07, 6.45) is 0.561. The van der Waals surface area contributed by atoms with E-state index in [0.29, 0.717) is 24.3 Å². The van der Waals surface area contributed by atoms with Crippen molar-refractivity contribution >= 4 is 33.5 Å². The Bertz CT molecular complexity index is 1150. The fourth-order valence-corrected chi connectivity index (χ4v) is 5.11. The van der Waals surface area contributed by atoms with Gasteiger partial charge >= 0.3 is 0 Å². The first kappa shape index (κ1) is 23.6. The van der Waals surface area contributed by atoms with Crippen LogP contribution in [0.5, 0.6) is 5.75 Å². The van der Waals surface area contributed by atoms with Crippen molar-refractivity contribution in [2.45, 2.75) is 38.0 Å². The van der Waals surface area contributed by atoms with Gasteiger partial charge in [-0.3, -0.25) is 19.3 Å². The first-order chi connectivity index (χ1) is 16.9. The molecule has 1 atom stereocenters. The normalized spacial score (nSPS) is 23.0. The molecule has 1 unspecified atom stereocenters. The van der Waals surface area contributed by atoms with Gasteiger partial charge in [-0.1, -0.05) is 30.3 Å². The second-order valence-electron chi connectivity index (χ2n) is 9.70. The molecule has 8 nitrogen and oxygen atoms in total. The van der Waals surface area contributed by atoms with E-state index in [-0.39, 0.29) is 30.7 Å². The number of hydrogen-bond acceptors (Lipinski definition) is 6. The van der Waals surface area contributed by atoms with Gasteiger partial charge in [-0.25, -0.2) is 0 Å². The molecule has 2 aromatic rings. The molecule has 0 radical (unpaired) electrons. The van der Waals surface area contributed by atoms with E-state index in [9.17, 15) is 14.4 Å². The highest BCUT2D eigenvalue weighted by molar-refractivity contribution is 6.38. The minimum Gasteiger partial charge on any atom is -0.489 e. The third-order valence-electron chi connectivity index (χ3n) is 7.41. The van der Waals surface area contributed by atoms with Gasteiger partial charge < -0.3 is 19.2 Å². The predicted octanol–water partition coefficient (Wildman–Crippen LogP) is 0.0801. The van der Waals surface area contributed by atoms with Gasteiger partial charge in [0.25, 0.3) is 5.91 Å². The summed E-state index contributed by atoms with van der Waals surface area (Å²) < 4.78 is 11.6. The average molecular weight is 473 g/mol. The number of hydrogen-bond donors (Lipinski definition) is 0. The Morgan fingerprint density at radius 2 is 1.71 bits per heavy atom. The van der Waals surface area contributed by atoms with Gasteiger partial charge in [-0.05, 0) is 29.7 Å². The molecule has 0 saturated carbocycles. The minimum absolute atomic E-state index is 0.198. The van der Waals surface area contributed by atoms with Crippen molar-refractivity contribution in [2.24, 2.45) is 0 Å². The smallest absolute Gasteiger partial charge is 0.254 e. The fraction of sp³-hybridized carbons (Fsp3) is 0.400. The van der Waals surface area contributed by atoms with E-state index >= 15 is 0 Å². The number of carbonyl (C=O) groups is 3. The summed E-state index contributed by atoms with van der Waals surface area (Å²) in [7, 11) is 3.23. The molecule has 3 heterocycles. The van der Waals surface area contributed by atoms with E-state index < -0.39 is 5.44 Å². The zero-order chi connectivity index (χ0) is 24.6. The van der Waals surface area contributed by atoms with Crippen LogP contribution in [0.2, 0.25) is 0 Å². The fourth-order valence-electron chi connectivity index (χ4n) is 5.11. The van der Waals surface area contributed by atoms with Gasteiger partial charge in [-0.15, -0.1) is 0 Å². The van der Waals surface area contributed by atoms with E-state index in [1.54, 1.807) is 18.8 Å². The zero-order valence-electron chi connectivity index (χ0n) is 20.3. The van der Waals surface area contributed by atoms with Gasteiger partial charge in [0.1, 0.15) is 20.2 Å². The van der Waals surface area contributed by atoms with E-state index in [1.165, 1.54) is 13.5 Å². The van der Waals surface area contributed by atoms with Crippen LogP contribution in [0, 0.1) is 0 Å². The Labute approximate surface area is 207 Å². The number of imide groups is 1. The lowest BCUT2D eigenvalue weighted by Gasteiger charge is -2.43. The number of piperidine rings is 1. The molecule has 5 rings (SSSR count). The number of carbonyl (C=O) groups excluding carboxylic acids is 3. The van der Waals surface area contributed by atoms with E-state index in [0.717, 1.165) is 48.8 Å². The second-order valence-corrected chi connectivity index (χ2v) is 9.70. The predicted molar refractivity (Wildman–Crippen MR) is 134 cm³/mol. The van der Waals surface area contributed by atoms with Gasteiger partial charge in [0.05, 0.1) is 25.2 Å². The molecule has 35 heavy (non-hydrogen) atoms. The number of ether oxygens (including phenoxy) is 2. The summed E-state index contributed by atoms with van der Waals surface area (Å²) in [4.78, 5) is 43.3. The molecular formula is C25H29B2N3O5. The number of fused-ring (bicyclic) bond motifs is 1. The van der Waals surface area contributed by atoms with Gasteiger partial charge in [0, 0.05) is 37.2 Å². The minimum atomic E-state index is -1.05. The van der Waals surface area contributed by atoms with Crippen molar-refractivity contribution in [3.63, 3.8) is 0 Å². The highest BCUT2D eigenvalue weighted by atomic mass is 16.5. The van der Waals surface area contributed by atoms with Crippen molar-refractivity contribution in [3.05, 3.63) is 64.7 Å². The molecule has 180 valence electrons. The maximum Gasteiger partial charge on any atom is 0.254 e. The monoisotopic (exact) mass is 473 g/mol. The van der Waals surface area contributed by atoms with Crippen LogP contribution in [-0.4, -0.2) is 79.9 Å². The van der Waals surface area contributed by atoms with Gasteiger partial charge in [0.2, 0.25) is 19.8 Å². The largest absolute Gasteiger partial charge is 0.489 e. The van der Waals surface area contributed by atoms with Crippen LogP contribution in [0.4, 0.5) is 0 Å². The van der Waals surface area contributed by atoms with Crippen molar-refractivity contribution in [2.75, 3.05) is 26.3 Å². The molecule has 0 spiro atoms. The maximum absolute atomic E-state index is 13.3. The molecule has 2 fully saturated rings. The molecule has 3 aliphatic heterocycles. The van der Waals surface area contributed by atoms with Crippen LogP contribution in [0.1, 0.15) is 39.9 Å². The Hall–Kier alpha value is -3.10. The van der Waals surface area contributed by atoms with Crippen LogP contribution in [0.25, 0.3) is 0 Å². The van der Waals surface area contributed by atoms with Gasteiger partial charge in [-0.2, -0.15) is 0 Å². The molecule has 2 saturated heterocycles. The molecule has 3 aliphatic rings. The highest BCUT2D eigenvalue weighted by Gasteiger charge is 2.50. The topological polar surface area (TPSA) is 79.4 Å². The maximum atomic E-state index is 13.3. The molecule has 2 aromatic carbocycles. The quantitative estimate of drug-likeness (QED) is 0.437. The van der Waals surface area contributed by atoms with Crippen LogP contribution in [0.3, 0.4) is 0 Å². The molecule has 0 aliphatic carbocycles. The van der Waals surface area contributed by atoms with Crippen molar-refractivity contribution < 1.29 is 23.9 Å². The first-order valence-corrected chi connectivity index (χ1v) is 12.1. The third-order valence-corrected chi connectivity index (χ3v) is 7.41. The molecule has 0 N–H and O–H groups in total. The van der Waals surface area contributed by atoms with Crippen molar-refractivity contribution in [3.8, 4) is 5.75 Å². The number of amides is 3.